The fourth-order valence-corrected chi connectivity index (χ4v) is 7.41. The molecule has 1 aromatic rings. The van der Waals surface area contributed by atoms with Gasteiger partial charge in [-0.15, -0.1) is 11.8 Å². The van der Waals surface area contributed by atoms with Crippen molar-refractivity contribution >= 4 is 39.3 Å². The number of nitrogens with one attached hydrogen (secondary N) is 1. The minimum Gasteiger partial charge on any atom is -0.352 e. The minimum absolute atomic E-state index is 0.0861. The molecule has 7 nitrogen and oxygen atoms in total. The van der Waals surface area contributed by atoms with E-state index in [1.54, 1.807) is 18.2 Å². The monoisotopic (exact) mass is 479 g/mol. The van der Waals surface area contributed by atoms with Crippen LogP contribution < -0.4 is 10.2 Å². The van der Waals surface area contributed by atoms with Crippen molar-refractivity contribution in [3.63, 3.8) is 0 Å². The molecule has 1 N–H and O–H groups in total. The molecule has 1 aromatic carbocycles. The van der Waals surface area contributed by atoms with Gasteiger partial charge in [-0.3, -0.25) is 9.59 Å². The van der Waals surface area contributed by atoms with Gasteiger partial charge in [0.25, 0.3) is 0 Å². The summed E-state index contributed by atoms with van der Waals surface area (Å²) in [6.45, 7) is 5.35. The van der Waals surface area contributed by atoms with E-state index in [4.69, 9.17) is 0 Å². The highest BCUT2D eigenvalue weighted by Gasteiger charge is 2.33. The van der Waals surface area contributed by atoms with Crippen LogP contribution in [-0.2, 0) is 19.6 Å². The summed E-state index contributed by atoms with van der Waals surface area (Å²) in [5.41, 5.74) is 0.518. The topological polar surface area (TPSA) is 86.8 Å². The zero-order chi connectivity index (χ0) is 22.9. The van der Waals surface area contributed by atoms with Crippen LogP contribution in [-0.4, -0.2) is 56.0 Å². The molecule has 9 heteroatoms. The quantitative estimate of drug-likeness (QED) is 0.701. The highest BCUT2D eigenvalue weighted by molar-refractivity contribution is 8.00. The molecule has 2 heterocycles. The van der Waals surface area contributed by atoms with Gasteiger partial charge in [-0.25, -0.2) is 8.42 Å². The maximum Gasteiger partial charge on any atom is 0.243 e. The zero-order valence-electron chi connectivity index (χ0n) is 18.9. The summed E-state index contributed by atoms with van der Waals surface area (Å²) < 4.78 is 27.8. The summed E-state index contributed by atoms with van der Waals surface area (Å²) in [5.74, 6) is 0.843. The Morgan fingerprint density at radius 3 is 2.62 bits per heavy atom. The number of benzene rings is 1. The van der Waals surface area contributed by atoms with Gasteiger partial charge in [-0.2, -0.15) is 4.31 Å². The molecule has 0 spiro atoms. The van der Waals surface area contributed by atoms with Crippen molar-refractivity contribution in [2.75, 3.05) is 30.3 Å². The number of fused-ring (bicyclic) bond motifs is 1. The summed E-state index contributed by atoms with van der Waals surface area (Å²) in [4.78, 5) is 28.1. The number of carbonyl (C=O) groups is 2. The van der Waals surface area contributed by atoms with E-state index >= 15 is 0 Å². The van der Waals surface area contributed by atoms with Crippen LogP contribution in [0.5, 0.6) is 0 Å². The second-order valence-electron chi connectivity index (χ2n) is 9.30. The van der Waals surface area contributed by atoms with Crippen molar-refractivity contribution in [3.05, 3.63) is 18.2 Å². The van der Waals surface area contributed by atoms with E-state index in [1.807, 2.05) is 0 Å². The fraction of sp³-hybridized carbons (Fsp3) is 0.652. The summed E-state index contributed by atoms with van der Waals surface area (Å²) in [7, 11) is -3.62. The molecule has 2 aliphatic heterocycles. The van der Waals surface area contributed by atoms with Gasteiger partial charge in [0.05, 0.1) is 16.3 Å². The molecule has 3 atom stereocenters. The van der Waals surface area contributed by atoms with Crippen LogP contribution >= 0.6 is 11.8 Å². The summed E-state index contributed by atoms with van der Waals surface area (Å²) in [6.07, 6.45) is 6.00. The van der Waals surface area contributed by atoms with Gasteiger partial charge in [-0.05, 0) is 49.3 Å². The highest BCUT2D eigenvalue weighted by atomic mass is 32.2. The predicted octanol–water partition coefficient (Wildman–Crippen LogP) is 3.24. The number of anilines is 1. The van der Waals surface area contributed by atoms with Crippen molar-refractivity contribution < 1.29 is 18.0 Å². The van der Waals surface area contributed by atoms with Gasteiger partial charge < -0.3 is 10.2 Å². The first-order valence-corrected chi connectivity index (χ1v) is 14.1. The van der Waals surface area contributed by atoms with Crippen LogP contribution in [0.4, 0.5) is 5.69 Å². The van der Waals surface area contributed by atoms with E-state index in [-0.39, 0.29) is 35.0 Å². The summed E-state index contributed by atoms with van der Waals surface area (Å²) in [6, 6.07) is 5.07. The maximum absolute atomic E-state index is 13.1. The Morgan fingerprint density at radius 1 is 1.12 bits per heavy atom. The zero-order valence-corrected chi connectivity index (χ0v) is 20.5. The number of amides is 2. The Balaban J connectivity index is 1.54. The van der Waals surface area contributed by atoms with Crippen LogP contribution in [0.1, 0.15) is 52.4 Å². The highest BCUT2D eigenvalue weighted by Crippen LogP contribution is 2.37. The lowest BCUT2D eigenvalue weighted by molar-refractivity contribution is -0.124. The van der Waals surface area contributed by atoms with Crippen LogP contribution in [0.25, 0.3) is 0 Å². The first-order chi connectivity index (χ1) is 15.3. The molecule has 2 fully saturated rings. The van der Waals surface area contributed by atoms with Crippen molar-refractivity contribution in [2.45, 2.75) is 68.2 Å². The second-order valence-corrected chi connectivity index (χ2v) is 12.3. The van der Waals surface area contributed by atoms with Gasteiger partial charge in [0.2, 0.25) is 21.8 Å². The van der Waals surface area contributed by atoms with Crippen molar-refractivity contribution in [1.29, 1.82) is 0 Å². The Labute approximate surface area is 195 Å². The van der Waals surface area contributed by atoms with Gasteiger partial charge in [0.1, 0.15) is 6.54 Å². The summed E-state index contributed by atoms with van der Waals surface area (Å²) >= 11 is 1.39. The number of thioether (sulfide) groups is 1. The smallest absolute Gasteiger partial charge is 0.243 e. The van der Waals surface area contributed by atoms with Crippen molar-refractivity contribution in [1.82, 2.24) is 9.62 Å². The molecule has 0 aromatic heterocycles. The van der Waals surface area contributed by atoms with Gasteiger partial charge in [0.15, 0.2) is 0 Å². The predicted molar refractivity (Wildman–Crippen MR) is 126 cm³/mol. The Morgan fingerprint density at radius 2 is 1.88 bits per heavy atom. The molecule has 1 saturated carbocycles. The molecule has 4 rings (SSSR count). The molecular formula is C23H33N3O4S2. The number of nitrogens with zero attached hydrogens (tertiary/aromatic N) is 2. The molecule has 0 radical (unpaired) electrons. The van der Waals surface area contributed by atoms with Crippen LogP contribution in [0.3, 0.4) is 0 Å². The molecule has 1 saturated heterocycles. The van der Waals surface area contributed by atoms with Gasteiger partial charge in [0, 0.05) is 24.0 Å². The third kappa shape index (κ3) is 4.84. The number of sulfonamides is 1. The van der Waals surface area contributed by atoms with Crippen LogP contribution in [0.2, 0.25) is 0 Å². The Hall–Kier alpha value is -1.58. The van der Waals surface area contributed by atoms with Crippen LogP contribution in [0.15, 0.2) is 28.0 Å². The third-order valence-electron chi connectivity index (χ3n) is 7.18. The van der Waals surface area contributed by atoms with E-state index in [2.05, 4.69) is 19.2 Å². The lowest BCUT2D eigenvalue weighted by Gasteiger charge is -2.35. The second kappa shape index (κ2) is 9.73. The molecule has 3 aliphatic rings. The van der Waals surface area contributed by atoms with Crippen molar-refractivity contribution in [3.8, 4) is 0 Å². The maximum atomic E-state index is 13.1. The fourth-order valence-electron chi connectivity index (χ4n) is 4.95. The van der Waals surface area contributed by atoms with E-state index < -0.39 is 10.0 Å². The molecule has 32 heavy (non-hydrogen) atoms. The standard InChI is InChI=1S/C23H33N3O4S2/c1-16-7-6-8-19(17(16)2)24-22(27)14-26-20-13-18(9-10-21(20)31-15-23(26)28)32(29,30)25-11-4-3-5-12-25/h9-10,13,16-17,19H,3-8,11-12,14-15H2,1-2H3,(H,24,27)/t16-,17-,19+/m1/s1. The average Bonchev–Trinajstić information content (AvgIpc) is 2.79. The van der Waals surface area contributed by atoms with Crippen molar-refractivity contribution in [2.24, 2.45) is 11.8 Å². The average molecular weight is 480 g/mol. The van der Waals surface area contributed by atoms with E-state index in [9.17, 15) is 18.0 Å². The first-order valence-electron chi connectivity index (χ1n) is 11.6. The van der Waals surface area contributed by atoms with Crippen LogP contribution in [0, 0.1) is 11.8 Å². The SMILES string of the molecule is C[C@@H]1[C@H](C)CCC[C@@H]1NC(=O)CN1C(=O)CSc2ccc(S(=O)(=O)N3CCCCC3)cc21. The third-order valence-corrected chi connectivity index (χ3v) is 10.1. The number of carbonyl (C=O) groups excluding carboxylic acids is 2. The minimum atomic E-state index is -3.62. The van der Waals surface area contributed by atoms with E-state index in [1.165, 1.54) is 27.4 Å². The Bertz CT molecular complexity index is 975. The molecule has 176 valence electrons. The molecule has 1 aliphatic carbocycles. The van der Waals surface area contributed by atoms with Gasteiger partial charge >= 0.3 is 0 Å². The number of hydrogen-bond donors (Lipinski definition) is 1. The lowest BCUT2D eigenvalue weighted by Crippen LogP contribution is -2.49. The molecule has 0 unspecified atom stereocenters. The lowest BCUT2D eigenvalue weighted by atomic mass is 9.78. The normalized spacial score (nSPS) is 27.1. The number of rotatable bonds is 5. The van der Waals surface area contributed by atoms with E-state index in [0.29, 0.717) is 30.6 Å². The first kappa shape index (κ1) is 23.6. The molecular weight excluding hydrogens is 446 g/mol. The summed E-state index contributed by atoms with van der Waals surface area (Å²) in [5, 5.41) is 3.13. The number of hydrogen-bond acceptors (Lipinski definition) is 5. The van der Waals surface area contributed by atoms with Gasteiger partial charge in [-0.1, -0.05) is 33.1 Å². The Kier molecular flexibility index (Phi) is 7.17. The number of piperidine rings is 1. The largest absolute Gasteiger partial charge is 0.352 e. The van der Waals surface area contributed by atoms with E-state index in [0.717, 1.165) is 37.0 Å². The molecule has 0 bridgehead atoms. The molecule has 2 amide bonds.